The molecule has 0 radical (unpaired) electrons. The van der Waals surface area contributed by atoms with Gasteiger partial charge in [-0.2, -0.15) is 0 Å². The lowest BCUT2D eigenvalue weighted by molar-refractivity contribution is 0.415. The lowest BCUT2D eigenvalue weighted by atomic mass is 9.97. The van der Waals surface area contributed by atoms with Crippen LogP contribution in [0.15, 0.2) is 106 Å². The van der Waals surface area contributed by atoms with Crippen molar-refractivity contribution < 1.29 is 9.15 Å². The molecule has 2 aromatic heterocycles. The van der Waals surface area contributed by atoms with Gasteiger partial charge < -0.3 is 9.15 Å². The Hall–Kier alpha value is -4.44. The molecule has 4 heteroatoms. The number of fused-ring (bicyclic) bond motifs is 4. The van der Waals surface area contributed by atoms with Gasteiger partial charge in [0.2, 0.25) is 0 Å². The SMILES string of the molecule is COc1ccc(-c2cc(-c3ccccc3)c3c(=O)oc4cc5ccccc5cc4c3n2)cc1. The molecule has 4 aromatic carbocycles. The third-order valence-electron chi connectivity index (χ3n) is 6.00. The number of hydrogen-bond donors (Lipinski definition) is 0. The van der Waals surface area contributed by atoms with Gasteiger partial charge in [-0.3, -0.25) is 0 Å². The molecule has 0 fully saturated rings. The molecular weight excluding hydrogens is 410 g/mol. The van der Waals surface area contributed by atoms with Gasteiger partial charge in [0, 0.05) is 16.5 Å². The van der Waals surface area contributed by atoms with Crippen LogP contribution in [0.25, 0.3) is 55.0 Å². The first-order valence-electron chi connectivity index (χ1n) is 10.7. The van der Waals surface area contributed by atoms with Crippen molar-refractivity contribution in [3.05, 3.63) is 107 Å². The summed E-state index contributed by atoms with van der Waals surface area (Å²) in [6.45, 7) is 0. The van der Waals surface area contributed by atoms with E-state index in [1.807, 2.05) is 84.9 Å². The molecule has 158 valence electrons. The second-order valence-electron chi connectivity index (χ2n) is 7.96. The van der Waals surface area contributed by atoms with E-state index < -0.39 is 0 Å². The fourth-order valence-corrected chi connectivity index (χ4v) is 4.34. The minimum atomic E-state index is -0.389. The second-order valence-corrected chi connectivity index (χ2v) is 7.96. The Morgan fingerprint density at radius 1 is 0.758 bits per heavy atom. The zero-order valence-corrected chi connectivity index (χ0v) is 17.9. The van der Waals surface area contributed by atoms with Crippen molar-refractivity contribution in [3.63, 3.8) is 0 Å². The highest BCUT2D eigenvalue weighted by atomic mass is 16.5. The predicted molar refractivity (Wildman–Crippen MR) is 133 cm³/mol. The van der Waals surface area contributed by atoms with Crippen LogP contribution >= 0.6 is 0 Å². The van der Waals surface area contributed by atoms with Gasteiger partial charge in [-0.1, -0.05) is 54.6 Å². The van der Waals surface area contributed by atoms with Crippen LogP contribution in [0.1, 0.15) is 0 Å². The summed E-state index contributed by atoms with van der Waals surface area (Å²) in [5, 5.41) is 3.39. The van der Waals surface area contributed by atoms with E-state index in [0.29, 0.717) is 16.5 Å². The fourth-order valence-electron chi connectivity index (χ4n) is 4.34. The summed E-state index contributed by atoms with van der Waals surface area (Å²) in [5.74, 6) is 0.778. The smallest absolute Gasteiger partial charge is 0.346 e. The monoisotopic (exact) mass is 429 g/mol. The summed E-state index contributed by atoms with van der Waals surface area (Å²) in [6, 6.07) is 31.6. The van der Waals surface area contributed by atoms with Crippen molar-refractivity contribution in [1.82, 2.24) is 4.98 Å². The zero-order valence-electron chi connectivity index (χ0n) is 17.9. The highest BCUT2D eigenvalue weighted by Gasteiger charge is 2.17. The van der Waals surface area contributed by atoms with E-state index in [0.717, 1.165) is 44.3 Å². The Bertz CT molecular complexity index is 1700. The maximum absolute atomic E-state index is 13.2. The van der Waals surface area contributed by atoms with Crippen LogP contribution in [0.5, 0.6) is 5.75 Å². The molecule has 6 aromatic rings. The van der Waals surface area contributed by atoms with E-state index in [9.17, 15) is 4.79 Å². The van der Waals surface area contributed by atoms with Gasteiger partial charge in [-0.25, -0.2) is 9.78 Å². The highest BCUT2D eigenvalue weighted by Crippen LogP contribution is 2.35. The lowest BCUT2D eigenvalue weighted by Crippen LogP contribution is -2.04. The number of nitrogens with zero attached hydrogens (tertiary/aromatic N) is 1. The van der Waals surface area contributed by atoms with E-state index >= 15 is 0 Å². The Kier molecular flexibility index (Phi) is 4.44. The summed E-state index contributed by atoms with van der Waals surface area (Å²) in [6.07, 6.45) is 0. The van der Waals surface area contributed by atoms with Crippen LogP contribution in [-0.4, -0.2) is 12.1 Å². The topological polar surface area (TPSA) is 52.3 Å². The summed E-state index contributed by atoms with van der Waals surface area (Å²) in [5.41, 5.74) is 4.24. The molecule has 33 heavy (non-hydrogen) atoms. The van der Waals surface area contributed by atoms with Crippen molar-refractivity contribution in [1.29, 1.82) is 0 Å². The first-order chi connectivity index (χ1) is 16.2. The van der Waals surface area contributed by atoms with Gasteiger partial charge in [0.1, 0.15) is 11.3 Å². The molecule has 0 spiro atoms. The average molecular weight is 429 g/mol. The Labute approximate surface area is 189 Å². The zero-order chi connectivity index (χ0) is 22.4. The first-order valence-corrected chi connectivity index (χ1v) is 10.7. The number of benzene rings is 4. The molecule has 0 aliphatic rings. The molecular formula is C29H19NO3. The third kappa shape index (κ3) is 3.24. The Balaban J connectivity index is 1.75. The van der Waals surface area contributed by atoms with E-state index in [1.165, 1.54) is 0 Å². The second kappa shape index (κ2) is 7.61. The van der Waals surface area contributed by atoms with Crippen molar-refractivity contribution in [2.24, 2.45) is 0 Å². The van der Waals surface area contributed by atoms with E-state index in [2.05, 4.69) is 12.1 Å². The predicted octanol–water partition coefficient (Wildman–Crippen LogP) is 6.84. The first kappa shape index (κ1) is 19.3. The highest BCUT2D eigenvalue weighted by molar-refractivity contribution is 6.11. The Morgan fingerprint density at radius 2 is 1.45 bits per heavy atom. The summed E-state index contributed by atoms with van der Waals surface area (Å²) in [4.78, 5) is 18.2. The van der Waals surface area contributed by atoms with Crippen LogP contribution in [0.2, 0.25) is 0 Å². The molecule has 0 N–H and O–H groups in total. The molecule has 0 amide bonds. The number of aromatic nitrogens is 1. The lowest BCUT2D eigenvalue weighted by Gasteiger charge is -2.12. The summed E-state index contributed by atoms with van der Waals surface area (Å²) < 4.78 is 11.1. The molecule has 0 aliphatic heterocycles. The van der Waals surface area contributed by atoms with Crippen molar-refractivity contribution in [2.45, 2.75) is 0 Å². The molecule has 4 nitrogen and oxygen atoms in total. The minimum Gasteiger partial charge on any atom is -0.497 e. The maximum Gasteiger partial charge on any atom is 0.346 e. The molecule has 0 bridgehead atoms. The Morgan fingerprint density at radius 3 is 2.18 bits per heavy atom. The van der Waals surface area contributed by atoms with Gasteiger partial charge in [-0.15, -0.1) is 0 Å². The number of rotatable bonds is 3. The number of methoxy groups -OCH3 is 1. The van der Waals surface area contributed by atoms with Gasteiger partial charge in [0.15, 0.2) is 0 Å². The summed E-state index contributed by atoms with van der Waals surface area (Å²) >= 11 is 0. The molecule has 0 aliphatic carbocycles. The number of hydrogen-bond acceptors (Lipinski definition) is 4. The standard InChI is InChI=1S/C29H19NO3/c1-32-22-13-11-19(12-14-22)25-17-23(18-7-3-2-4-8-18)27-28(30-25)24-15-20-9-5-6-10-21(20)16-26(24)33-29(27)31/h2-17H,1H3. The maximum atomic E-state index is 13.2. The van der Waals surface area contributed by atoms with Crippen LogP contribution in [-0.2, 0) is 0 Å². The van der Waals surface area contributed by atoms with Crippen LogP contribution in [0.3, 0.4) is 0 Å². The number of pyridine rings is 1. The molecule has 0 saturated carbocycles. The number of ether oxygens (including phenoxy) is 1. The molecule has 0 atom stereocenters. The quantitative estimate of drug-likeness (QED) is 0.176. The van der Waals surface area contributed by atoms with Crippen molar-refractivity contribution in [2.75, 3.05) is 7.11 Å². The molecule has 6 rings (SSSR count). The van der Waals surface area contributed by atoms with E-state index in [4.69, 9.17) is 14.1 Å². The van der Waals surface area contributed by atoms with Crippen molar-refractivity contribution in [3.8, 4) is 28.1 Å². The van der Waals surface area contributed by atoms with Crippen LogP contribution in [0.4, 0.5) is 0 Å². The van der Waals surface area contributed by atoms with Gasteiger partial charge in [0.25, 0.3) is 0 Å². The minimum absolute atomic E-state index is 0.389. The van der Waals surface area contributed by atoms with Crippen LogP contribution < -0.4 is 10.4 Å². The largest absolute Gasteiger partial charge is 0.497 e. The van der Waals surface area contributed by atoms with Gasteiger partial charge in [-0.05, 0) is 58.8 Å². The third-order valence-corrected chi connectivity index (χ3v) is 6.00. The van der Waals surface area contributed by atoms with Gasteiger partial charge in [0.05, 0.1) is 23.7 Å². The average Bonchev–Trinajstić information content (AvgIpc) is 2.88. The molecule has 2 heterocycles. The van der Waals surface area contributed by atoms with Crippen LogP contribution in [0, 0.1) is 0 Å². The molecule has 0 unspecified atom stereocenters. The van der Waals surface area contributed by atoms with Gasteiger partial charge >= 0.3 is 5.63 Å². The normalized spacial score (nSPS) is 11.3. The summed E-state index contributed by atoms with van der Waals surface area (Å²) in [7, 11) is 1.65. The fraction of sp³-hybridized carbons (Fsp3) is 0.0345. The van der Waals surface area contributed by atoms with E-state index in [1.54, 1.807) is 7.11 Å². The van der Waals surface area contributed by atoms with Crippen molar-refractivity contribution >= 4 is 32.6 Å². The molecule has 0 saturated heterocycles. The van der Waals surface area contributed by atoms with E-state index in [-0.39, 0.29) is 5.63 Å².